The van der Waals surface area contributed by atoms with Crippen LogP contribution in [-0.2, 0) is 43.2 Å². The van der Waals surface area contributed by atoms with E-state index in [9.17, 15) is 0 Å². The summed E-state index contributed by atoms with van der Waals surface area (Å²) >= 11 is 0. The molecule has 4 aromatic heterocycles. The number of aromatic nitrogens is 8. The van der Waals surface area contributed by atoms with E-state index in [0.29, 0.717) is 19.6 Å². The zero-order chi connectivity index (χ0) is 50.8. The number of aliphatic hydroxyl groups is 1. The van der Waals surface area contributed by atoms with E-state index < -0.39 is 30.7 Å². The van der Waals surface area contributed by atoms with Crippen LogP contribution in [0.3, 0.4) is 0 Å². The van der Waals surface area contributed by atoms with Crippen LogP contribution in [-0.4, -0.2) is 75.1 Å². The average molecular weight is 1080 g/mol. The van der Waals surface area contributed by atoms with E-state index in [-0.39, 0.29) is 42.4 Å². The predicted octanol–water partition coefficient (Wildman–Crippen LogP) is -8.28. The molecule has 1 aliphatic carbocycles. The van der Waals surface area contributed by atoms with Crippen LogP contribution in [0.15, 0.2) is 97.1 Å². The smallest absolute Gasteiger partial charge is 0.855 e. The number of benzene rings is 4. The van der Waals surface area contributed by atoms with Gasteiger partial charge < -0.3 is 25.2 Å². The molecule has 6 N–H and O–H groups in total. The number of imidazole rings is 4. The Kier molecular flexibility index (Phi) is 24.4. The van der Waals surface area contributed by atoms with Gasteiger partial charge in [-0.3, -0.25) is 9.80 Å². The van der Waals surface area contributed by atoms with Crippen LogP contribution in [0.25, 0.3) is 44.1 Å². The Morgan fingerprint density at radius 1 is 0.514 bits per heavy atom. The molecule has 8 aromatic rings. The fraction of sp³-hybridized carbons (Fsp3) is 0.333. The van der Waals surface area contributed by atoms with E-state index in [2.05, 4.69) is 120 Å². The van der Waals surface area contributed by atoms with Gasteiger partial charge in [0.15, 0.2) is 11.0 Å². The van der Waals surface area contributed by atoms with Crippen molar-refractivity contribution >= 4 is 44.1 Å². The number of halogens is 3. The van der Waals surface area contributed by atoms with Crippen LogP contribution in [0.1, 0.15) is 62.8 Å². The van der Waals surface area contributed by atoms with Gasteiger partial charge in [-0.25, -0.2) is 80.8 Å². The standard InChI is InChI=1S/C38H38N10.C2H6O.C2H5O.3ClHO4.Fe/c1-2-12-26-25(11-1)39-35(40-26)21-47(22-36-41-27-13-3-4-14-28(27)42-36)33-19-9-10-20-34(33)48(23-37-43-29-15-5-6-16-30(29)44-37)24-38-45-31-17-7-8-18-32(31)46-38;2*1-2-3;3*2-1(3,4)5;/h1-8,11-18,33-34H,9-10,19-24H2,(H,39,40)(H,41,42)(H,43,44)(H,45,46);3H,2H2,1H3;2H2,1H3;3*(H,2,3,4,5);/q;;-1;;;;+4/p-2/t33-,34-;;;;;;/m0....../s1. The van der Waals surface area contributed by atoms with Crippen molar-refractivity contribution in [2.45, 2.75) is 77.8 Å². The summed E-state index contributed by atoms with van der Waals surface area (Å²) in [5.41, 5.74) is 8.44. The molecule has 1 saturated carbocycles. The Morgan fingerprint density at radius 2 is 0.800 bits per heavy atom. The molecule has 4 aromatic carbocycles. The first-order valence-corrected chi connectivity index (χ1v) is 24.6. The van der Waals surface area contributed by atoms with Gasteiger partial charge in [-0.15, -0.1) is 37.3 Å². The molecule has 24 nitrogen and oxygen atoms in total. The van der Waals surface area contributed by atoms with Gasteiger partial charge in [0.2, 0.25) is 0 Å². The molecular weight excluding hydrogens is 1030 g/mol. The quantitative estimate of drug-likeness (QED) is 0.0794. The summed E-state index contributed by atoms with van der Waals surface area (Å²) < 4.78 is 102. The van der Waals surface area contributed by atoms with E-state index in [4.69, 9.17) is 81.1 Å². The molecule has 0 aliphatic heterocycles. The molecule has 4 heterocycles. The third-order valence-corrected chi connectivity index (χ3v) is 9.87. The monoisotopic (exact) mass is 1080 g/mol. The van der Waals surface area contributed by atoms with Crippen LogP contribution in [0, 0.1) is 30.7 Å². The van der Waals surface area contributed by atoms with E-state index >= 15 is 0 Å². The largest absolute Gasteiger partial charge is 4.00 e. The van der Waals surface area contributed by atoms with Crippen LogP contribution in [0.4, 0.5) is 0 Å². The number of aliphatic hydroxyl groups excluding tert-OH is 1. The number of para-hydroxylation sites is 8. The SMILES string of the molecule is CCO.CC[O-].[Fe+4].[O-][Cl+3]([O-])([O-])[O-].[O-][Cl+3]([O-])([O-])[O-].[O-][Cl+3]([O-])([O-])[O-].c1ccc2[nH]c(CN(Cc3nc4ccccc4[nH]3)[C@H]3CCCC[C@@H]3N(Cc3nc4ccccc4[nH]3)Cc3[nH]c4ccccc4[nH+]3)nc2c1. The normalized spacial score (nSPS) is 14.8. The van der Waals surface area contributed by atoms with E-state index in [1.165, 1.54) is 12.8 Å². The maximum absolute atomic E-state index is 8.93. The van der Waals surface area contributed by atoms with Crippen LogP contribution >= 0.6 is 0 Å². The minimum Gasteiger partial charge on any atom is -0.855 e. The van der Waals surface area contributed by atoms with Crippen LogP contribution in [0.5, 0.6) is 0 Å². The van der Waals surface area contributed by atoms with Gasteiger partial charge in [0, 0.05) is 18.7 Å². The number of hydrogen-bond acceptors (Lipinski definition) is 19. The molecule has 0 spiro atoms. The summed E-state index contributed by atoms with van der Waals surface area (Å²) in [4.78, 5) is 38.4. The van der Waals surface area contributed by atoms with E-state index in [0.717, 1.165) is 86.8 Å². The van der Waals surface area contributed by atoms with Crippen molar-refractivity contribution in [3.63, 3.8) is 0 Å². The first-order valence-electron chi connectivity index (χ1n) is 20.9. The number of nitrogens with zero attached hydrogens (tertiary/aromatic N) is 5. The van der Waals surface area contributed by atoms with Crippen LogP contribution in [0.2, 0.25) is 0 Å². The van der Waals surface area contributed by atoms with Gasteiger partial charge >= 0.3 is 17.1 Å². The van der Waals surface area contributed by atoms with Crippen LogP contribution < -0.4 is 66.0 Å². The van der Waals surface area contributed by atoms with Crippen molar-refractivity contribution in [3.05, 3.63) is 120 Å². The molecule has 0 bridgehead atoms. The summed E-state index contributed by atoms with van der Waals surface area (Å²) in [6, 6.07) is 33.8. The zero-order valence-corrected chi connectivity index (χ0v) is 40.8. The third-order valence-electron chi connectivity index (χ3n) is 9.87. The number of H-pyrrole nitrogens is 5. The first kappa shape index (κ1) is 59.8. The molecule has 9 rings (SSSR count). The van der Waals surface area contributed by atoms with Crippen molar-refractivity contribution in [2.24, 2.45) is 0 Å². The van der Waals surface area contributed by atoms with Gasteiger partial charge in [-0.05, 0) is 68.3 Å². The van der Waals surface area contributed by atoms with E-state index in [1.54, 1.807) is 13.8 Å². The van der Waals surface area contributed by atoms with Crippen molar-refractivity contribution in [3.8, 4) is 0 Å². The van der Waals surface area contributed by atoms with Crippen molar-refractivity contribution in [1.82, 2.24) is 44.7 Å². The molecule has 70 heavy (non-hydrogen) atoms. The number of nitrogens with one attached hydrogen (secondary N) is 5. The summed E-state index contributed by atoms with van der Waals surface area (Å²) in [6.07, 6.45) is 4.58. The van der Waals surface area contributed by atoms with Crippen molar-refractivity contribution in [1.29, 1.82) is 0 Å². The van der Waals surface area contributed by atoms with Crippen molar-refractivity contribution in [2.75, 3.05) is 13.2 Å². The number of rotatable bonds is 10. The Labute approximate surface area is 417 Å². The molecule has 28 heteroatoms. The predicted molar refractivity (Wildman–Crippen MR) is 211 cm³/mol. The molecule has 0 unspecified atom stereocenters. The first-order chi connectivity index (χ1) is 32.5. The average Bonchev–Trinajstić information content (AvgIpc) is 4.06. The molecule has 0 amide bonds. The molecule has 1 fully saturated rings. The molecule has 0 saturated heterocycles. The summed E-state index contributed by atoms with van der Waals surface area (Å²) in [5.74, 6) is 4.03. The summed E-state index contributed by atoms with van der Waals surface area (Å²) in [6.45, 7) is 6.35. The molecule has 1 aliphatic rings. The topological polar surface area (TPSA) is 442 Å². The van der Waals surface area contributed by atoms with Gasteiger partial charge in [0.25, 0.3) is 5.82 Å². The molecule has 2 atom stereocenters. The summed E-state index contributed by atoms with van der Waals surface area (Å²) in [5, 5.41) is 16.5. The maximum Gasteiger partial charge on any atom is 4.00 e. The van der Waals surface area contributed by atoms with Crippen molar-refractivity contribution < 1.29 is 119 Å². The third kappa shape index (κ3) is 21.9. The maximum atomic E-state index is 8.93. The van der Waals surface area contributed by atoms with E-state index in [1.807, 2.05) is 12.1 Å². The Balaban J connectivity index is 0.000000502. The zero-order valence-electron chi connectivity index (χ0n) is 37.4. The Hall–Kier alpha value is -4.49. The van der Waals surface area contributed by atoms with Gasteiger partial charge in [-0.1, -0.05) is 68.3 Å². The molecule has 0 radical (unpaired) electrons. The minimum atomic E-state index is -4.94. The van der Waals surface area contributed by atoms with Gasteiger partial charge in [0.1, 0.15) is 24.0 Å². The molecular formula is C42H50Cl3FeN10O14+. The Bertz CT molecular complexity index is 2230. The Morgan fingerprint density at radius 3 is 1.11 bits per heavy atom. The number of aromatic amines is 5. The number of fused-ring (bicyclic) bond motifs is 4. The second kappa shape index (κ2) is 28.5. The van der Waals surface area contributed by atoms with Gasteiger partial charge in [-0.2, -0.15) is 0 Å². The number of hydrogen-bond donors (Lipinski definition) is 5. The van der Waals surface area contributed by atoms with Gasteiger partial charge in [0.05, 0.1) is 52.7 Å². The fourth-order valence-corrected chi connectivity index (χ4v) is 7.68. The second-order valence-corrected chi connectivity index (χ2v) is 17.1. The fourth-order valence-electron chi connectivity index (χ4n) is 7.68. The summed E-state index contributed by atoms with van der Waals surface area (Å²) in [7, 11) is -14.8. The molecule has 380 valence electrons. The second-order valence-electron chi connectivity index (χ2n) is 14.8. The minimum absolute atomic E-state index is 0.